The molecule has 174 valence electrons. The number of piperazine rings is 1. The number of aromatic nitrogens is 5. The Morgan fingerprint density at radius 2 is 1.82 bits per heavy atom. The Morgan fingerprint density at radius 3 is 2.59 bits per heavy atom. The SMILES string of the molecule is CN1CCN(c2cc(C(=O)Nc3cc4cc(-c5nnc(N(C)C)s5)ccc4nn3)ccn2)CC1. The molecular formula is C23H25N9OS. The molecule has 1 aromatic carbocycles. The number of amides is 1. The zero-order valence-electron chi connectivity index (χ0n) is 19.3. The summed E-state index contributed by atoms with van der Waals surface area (Å²) in [5.74, 6) is 0.949. The molecule has 10 nitrogen and oxygen atoms in total. The molecule has 0 atom stereocenters. The van der Waals surface area contributed by atoms with E-state index in [1.807, 2.05) is 49.3 Å². The van der Waals surface area contributed by atoms with E-state index in [1.165, 1.54) is 11.3 Å². The van der Waals surface area contributed by atoms with E-state index in [1.54, 1.807) is 12.3 Å². The average Bonchev–Trinajstić information content (AvgIpc) is 3.35. The van der Waals surface area contributed by atoms with Gasteiger partial charge in [0.15, 0.2) is 5.82 Å². The van der Waals surface area contributed by atoms with Crippen LogP contribution in [0, 0.1) is 0 Å². The number of pyridine rings is 1. The summed E-state index contributed by atoms with van der Waals surface area (Å²) in [6.45, 7) is 3.72. The van der Waals surface area contributed by atoms with E-state index in [9.17, 15) is 4.79 Å². The fraction of sp³-hybridized carbons (Fsp3) is 0.304. The molecular weight excluding hydrogens is 450 g/mol. The van der Waals surface area contributed by atoms with Crippen molar-refractivity contribution in [1.82, 2.24) is 30.3 Å². The zero-order valence-corrected chi connectivity index (χ0v) is 20.1. The molecule has 4 heterocycles. The van der Waals surface area contributed by atoms with Crippen LogP contribution in [0.5, 0.6) is 0 Å². The van der Waals surface area contributed by atoms with Gasteiger partial charge in [-0.25, -0.2) is 4.98 Å². The van der Waals surface area contributed by atoms with E-state index in [0.717, 1.165) is 58.6 Å². The van der Waals surface area contributed by atoms with E-state index in [-0.39, 0.29) is 5.91 Å². The Kier molecular flexibility index (Phi) is 6.03. The van der Waals surface area contributed by atoms with Gasteiger partial charge in [-0.15, -0.1) is 20.4 Å². The molecule has 3 aromatic heterocycles. The van der Waals surface area contributed by atoms with Crippen molar-refractivity contribution in [3.8, 4) is 10.6 Å². The maximum Gasteiger partial charge on any atom is 0.257 e. The first-order valence-corrected chi connectivity index (χ1v) is 11.8. The second-order valence-electron chi connectivity index (χ2n) is 8.43. The molecule has 1 N–H and O–H groups in total. The van der Waals surface area contributed by atoms with Crippen molar-refractivity contribution in [1.29, 1.82) is 0 Å². The van der Waals surface area contributed by atoms with Crippen molar-refractivity contribution >= 4 is 44.9 Å². The number of rotatable bonds is 5. The van der Waals surface area contributed by atoms with Crippen molar-refractivity contribution in [2.45, 2.75) is 0 Å². The first-order chi connectivity index (χ1) is 16.5. The van der Waals surface area contributed by atoms with Crippen molar-refractivity contribution in [3.05, 3.63) is 48.2 Å². The fourth-order valence-corrected chi connectivity index (χ4v) is 4.47. The molecule has 0 unspecified atom stereocenters. The maximum atomic E-state index is 12.9. The van der Waals surface area contributed by atoms with E-state index in [2.05, 4.69) is 47.5 Å². The molecule has 0 bridgehead atoms. The van der Waals surface area contributed by atoms with E-state index < -0.39 is 0 Å². The quantitative estimate of drug-likeness (QED) is 0.466. The Morgan fingerprint density at radius 1 is 1.00 bits per heavy atom. The molecule has 0 spiro atoms. The third-order valence-corrected chi connectivity index (χ3v) is 6.85. The molecule has 0 radical (unpaired) electrons. The molecule has 1 fully saturated rings. The predicted octanol–water partition coefficient (Wildman–Crippen LogP) is 2.61. The van der Waals surface area contributed by atoms with Gasteiger partial charge in [-0.2, -0.15) is 0 Å². The number of hydrogen-bond acceptors (Lipinski definition) is 10. The topological polar surface area (TPSA) is 103 Å². The number of likely N-dealkylation sites (N-methyl/N-ethyl adjacent to an activating group) is 1. The van der Waals surface area contributed by atoms with Crippen LogP contribution in [0.3, 0.4) is 0 Å². The minimum absolute atomic E-state index is 0.248. The molecule has 1 aliphatic rings. The van der Waals surface area contributed by atoms with Gasteiger partial charge in [0.2, 0.25) is 5.13 Å². The van der Waals surface area contributed by atoms with Crippen LogP contribution in [0.4, 0.5) is 16.8 Å². The Hall–Kier alpha value is -3.70. The summed E-state index contributed by atoms with van der Waals surface area (Å²) in [6.07, 6.45) is 1.67. The molecule has 0 saturated carbocycles. The van der Waals surface area contributed by atoms with Crippen LogP contribution in [-0.4, -0.2) is 83.5 Å². The lowest BCUT2D eigenvalue weighted by molar-refractivity contribution is 0.102. The van der Waals surface area contributed by atoms with Gasteiger partial charge < -0.3 is 20.0 Å². The number of nitrogens with one attached hydrogen (secondary N) is 1. The predicted molar refractivity (Wildman–Crippen MR) is 135 cm³/mol. The highest BCUT2D eigenvalue weighted by Crippen LogP contribution is 2.30. The van der Waals surface area contributed by atoms with Crippen LogP contribution in [0.25, 0.3) is 21.5 Å². The summed E-state index contributed by atoms with van der Waals surface area (Å²) in [4.78, 5) is 23.8. The van der Waals surface area contributed by atoms with Gasteiger partial charge in [-0.1, -0.05) is 11.3 Å². The van der Waals surface area contributed by atoms with E-state index in [0.29, 0.717) is 11.4 Å². The molecule has 5 rings (SSSR count). The highest BCUT2D eigenvalue weighted by Gasteiger charge is 2.17. The molecule has 34 heavy (non-hydrogen) atoms. The van der Waals surface area contributed by atoms with E-state index in [4.69, 9.17) is 0 Å². The highest BCUT2D eigenvalue weighted by atomic mass is 32.1. The molecule has 1 amide bonds. The number of fused-ring (bicyclic) bond motifs is 1. The largest absolute Gasteiger partial charge is 0.354 e. The smallest absolute Gasteiger partial charge is 0.257 e. The van der Waals surface area contributed by atoms with Crippen LogP contribution in [0.2, 0.25) is 0 Å². The highest BCUT2D eigenvalue weighted by molar-refractivity contribution is 7.18. The fourth-order valence-electron chi connectivity index (χ4n) is 3.71. The zero-order chi connectivity index (χ0) is 23.7. The summed E-state index contributed by atoms with van der Waals surface area (Å²) < 4.78 is 0. The number of carbonyl (C=O) groups excluding carboxylic acids is 1. The lowest BCUT2D eigenvalue weighted by atomic mass is 10.1. The van der Waals surface area contributed by atoms with Gasteiger partial charge in [0.05, 0.1) is 5.52 Å². The number of anilines is 3. The summed E-state index contributed by atoms with van der Waals surface area (Å²) >= 11 is 1.51. The molecule has 1 saturated heterocycles. The third kappa shape index (κ3) is 4.66. The van der Waals surface area contributed by atoms with Gasteiger partial charge in [-0.3, -0.25) is 4.79 Å². The number of benzene rings is 1. The minimum Gasteiger partial charge on any atom is -0.354 e. The molecule has 0 aliphatic carbocycles. The monoisotopic (exact) mass is 475 g/mol. The van der Waals surface area contributed by atoms with Crippen molar-refractivity contribution < 1.29 is 4.79 Å². The lowest BCUT2D eigenvalue weighted by Gasteiger charge is -2.33. The Bertz CT molecular complexity index is 1330. The summed E-state index contributed by atoms with van der Waals surface area (Å²) in [5, 5.41) is 22.3. The number of carbonyl (C=O) groups is 1. The standard InChI is InChI=1S/C23H25N9OS/c1-30(2)23-29-28-22(34-23)16-4-5-18-17(12-16)13-19(27-26-18)25-21(33)15-6-7-24-20(14-15)32-10-8-31(3)9-11-32/h4-7,12-14H,8-11H2,1-3H3,(H,25,27,33). The second kappa shape index (κ2) is 9.27. The van der Waals surface area contributed by atoms with Crippen molar-refractivity contribution in [2.24, 2.45) is 0 Å². The van der Waals surface area contributed by atoms with Crippen LogP contribution < -0.4 is 15.1 Å². The van der Waals surface area contributed by atoms with Crippen molar-refractivity contribution in [2.75, 3.05) is 62.4 Å². The maximum absolute atomic E-state index is 12.9. The van der Waals surface area contributed by atoms with Gasteiger partial charge in [0.25, 0.3) is 5.91 Å². The minimum atomic E-state index is -0.248. The van der Waals surface area contributed by atoms with Crippen molar-refractivity contribution in [3.63, 3.8) is 0 Å². The van der Waals surface area contributed by atoms with Gasteiger partial charge in [-0.05, 0) is 43.4 Å². The summed E-state index contributed by atoms with van der Waals surface area (Å²) in [6, 6.07) is 11.2. The van der Waals surface area contributed by atoms with Crippen LogP contribution in [-0.2, 0) is 0 Å². The summed E-state index contributed by atoms with van der Waals surface area (Å²) in [5.41, 5.74) is 2.21. The molecule has 11 heteroatoms. The van der Waals surface area contributed by atoms with Gasteiger partial charge >= 0.3 is 0 Å². The number of nitrogens with zero attached hydrogens (tertiary/aromatic N) is 8. The first-order valence-electron chi connectivity index (χ1n) is 11.0. The Labute approximate surface area is 201 Å². The average molecular weight is 476 g/mol. The third-order valence-electron chi connectivity index (χ3n) is 5.71. The summed E-state index contributed by atoms with van der Waals surface area (Å²) in [7, 11) is 5.98. The molecule has 1 aliphatic heterocycles. The van der Waals surface area contributed by atoms with Crippen LogP contribution in [0.1, 0.15) is 10.4 Å². The Balaban J connectivity index is 1.35. The van der Waals surface area contributed by atoms with Gasteiger partial charge in [0, 0.05) is 63.0 Å². The molecule has 4 aromatic rings. The van der Waals surface area contributed by atoms with Crippen LogP contribution >= 0.6 is 11.3 Å². The van der Waals surface area contributed by atoms with E-state index >= 15 is 0 Å². The second-order valence-corrected chi connectivity index (χ2v) is 9.39. The van der Waals surface area contributed by atoms with Crippen LogP contribution in [0.15, 0.2) is 42.6 Å². The lowest BCUT2D eigenvalue weighted by Crippen LogP contribution is -2.44. The first kappa shape index (κ1) is 22.1. The number of hydrogen-bond donors (Lipinski definition) is 1. The van der Waals surface area contributed by atoms with Gasteiger partial charge in [0.1, 0.15) is 10.8 Å². The normalized spacial score (nSPS) is 14.4.